The lowest BCUT2D eigenvalue weighted by Gasteiger charge is -2.30. The lowest BCUT2D eigenvalue weighted by molar-refractivity contribution is 0.0692. The second-order valence-electron chi connectivity index (χ2n) is 6.57. The van der Waals surface area contributed by atoms with Crippen LogP contribution < -0.4 is 4.74 Å². The van der Waals surface area contributed by atoms with Gasteiger partial charge in [-0.05, 0) is 35.9 Å². The van der Waals surface area contributed by atoms with Gasteiger partial charge in [0.05, 0.1) is 11.1 Å². The van der Waals surface area contributed by atoms with Crippen LogP contribution in [0, 0.1) is 5.82 Å². The van der Waals surface area contributed by atoms with E-state index in [4.69, 9.17) is 4.74 Å². The first-order chi connectivity index (χ1) is 13.5. The minimum atomic E-state index is -1.18. The molecule has 1 aliphatic rings. The molecule has 0 spiro atoms. The molecule has 4 rings (SSSR count). The maximum atomic E-state index is 14.0. The van der Waals surface area contributed by atoms with Crippen LogP contribution in [0.1, 0.15) is 33.2 Å². The number of aliphatic hydroxyl groups excluding tert-OH is 1. The van der Waals surface area contributed by atoms with Gasteiger partial charge in [0.1, 0.15) is 17.3 Å². The van der Waals surface area contributed by atoms with E-state index in [0.29, 0.717) is 23.3 Å². The van der Waals surface area contributed by atoms with Crippen molar-refractivity contribution in [1.29, 1.82) is 0 Å². The summed E-state index contributed by atoms with van der Waals surface area (Å²) in [6, 6.07) is 19.9. The van der Waals surface area contributed by atoms with Crippen molar-refractivity contribution in [3.05, 3.63) is 106 Å². The number of rotatable bonds is 4. The highest BCUT2D eigenvalue weighted by Crippen LogP contribution is 2.43. The van der Waals surface area contributed by atoms with E-state index < -0.39 is 17.9 Å². The third-order valence-corrected chi connectivity index (χ3v) is 4.77. The maximum Gasteiger partial charge on any atom is 0.336 e. The minimum absolute atomic E-state index is 0.0244. The first-order valence-corrected chi connectivity index (χ1v) is 8.79. The molecule has 5 heteroatoms. The summed E-state index contributed by atoms with van der Waals surface area (Å²) in [4.78, 5) is 11.7. The molecule has 0 saturated carbocycles. The Kier molecular flexibility index (Phi) is 4.57. The van der Waals surface area contributed by atoms with Crippen molar-refractivity contribution in [2.24, 2.45) is 0 Å². The average Bonchev–Trinajstić information content (AvgIpc) is 2.70. The Morgan fingerprint density at radius 3 is 2.46 bits per heavy atom. The predicted molar refractivity (Wildman–Crippen MR) is 103 cm³/mol. The Morgan fingerprint density at radius 1 is 1.00 bits per heavy atom. The highest BCUT2D eigenvalue weighted by atomic mass is 19.1. The molecule has 28 heavy (non-hydrogen) atoms. The fourth-order valence-electron chi connectivity index (χ4n) is 3.45. The molecule has 0 aliphatic carbocycles. The molecule has 0 radical (unpaired) electrons. The van der Waals surface area contributed by atoms with Gasteiger partial charge >= 0.3 is 5.97 Å². The summed E-state index contributed by atoms with van der Waals surface area (Å²) < 4.78 is 20.1. The fourth-order valence-corrected chi connectivity index (χ4v) is 3.45. The van der Waals surface area contributed by atoms with Gasteiger partial charge in [0, 0.05) is 17.6 Å². The summed E-state index contributed by atoms with van der Waals surface area (Å²) in [5.74, 6) is -1.31. The van der Waals surface area contributed by atoms with Crippen LogP contribution >= 0.6 is 0 Å². The highest BCUT2D eigenvalue weighted by Gasteiger charge is 2.32. The van der Waals surface area contributed by atoms with Crippen LogP contribution in [0.15, 0.2) is 78.4 Å². The number of hydrogen-bond donors (Lipinski definition) is 2. The minimum Gasteiger partial charge on any atom is -0.507 e. The molecule has 1 heterocycles. The normalized spacial score (nSPS) is 15.7. The molecule has 1 aliphatic heterocycles. The van der Waals surface area contributed by atoms with Gasteiger partial charge in [-0.3, -0.25) is 0 Å². The molecule has 0 saturated heterocycles. The Morgan fingerprint density at radius 2 is 1.71 bits per heavy atom. The Balaban J connectivity index is 1.90. The van der Waals surface area contributed by atoms with Gasteiger partial charge in [0.25, 0.3) is 0 Å². The summed E-state index contributed by atoms with van der Waals surface area (Å²) in [5, 5.41) is 20.5. The second kappa shape index (κ2) is 7.19. The number of ether oxygens (including phenoxy) is 1. The van der Waals surface area contributed by atoms with Crippen LogP contribution in [0.25, 0.3) is 5.76 Å². The third kappa shape index (κ3) is 3.22. The smallest absolute Gasteiger partial charge is 0.336 e. The number of halogens is 1. The molecule has 0 bridgehead atoms. The van der Waals surface area contributed by atoms with Crippen molar-refractivity contribution in [1.82, 2.24) is 0 Å². The molecule has 2 N–H and O–H groups in total. The Labute approximate surface area is 161 Å². The van der Waals surface area contributed by atoms with Gasteiger partial charge in [-0.1, -0.05) is 42.5 Å². The summed E-state index contributed by atoms with van der Waals surface area (Å²) in [6.45, 7) is 0. The zero-order valence-electron chi connectivity index (χ0n) is 14.8. The zero-order valence-corrected chi connectivity index (χ0v) is 14.8. The quantitative estimate of drug-likeness (QED) is 0.659. The molecular weight excluding hydrogens is 359 g/mol. The maximum absolute atomic E-state index is 14.0. The van der Waals surface area contributed by atoms with E-state index in [2.05, 4.69) is 0 Å². The summed E-state index contributed by atoms with van der Waals surface area (Å²) in [7, 11) is 0. The van der Waals surface area contributed by atoms with Crippen LogP contribution in [-0.2, 0) is 6.42 Å². The number of fused-ring (bicyclic) bond motifs is 1. The first kappa shape index (κ1) is 17.8. The van der Waals surface area contributed by atoms with E-state index in [9.17, 15) is 19.4 Å². The van der Waals surface area contributed by atoms with E-state index in [1.807, 2.05) is 30.3 Å². The number of benzene rings is 3. The molecule has 4 nitrogen and oxygen atoms in total. The van der Waals surface area contributed by atoms with E-state index in [-0.39, 0.29) is 16.9 Å². The number of aromatic carboxylic acids is 1. The van der Waals surface area contributed by atoms with Crippen molar-refractivity contribution in [2.45, 2.75) is 12.5 Å². The van der Waals surface area contributed by atoms with Crippen molar-refractivity contribution in [3.63, 3.8) is 0 Å². The molecule has 1 unspecified atom stereocenters. The lowest BCUT2D eigenvalue weighted by atomic mass is 9.88. The van der Waals surface area contributed by atoms with Gasteiger partial charge in [-0.15, -0.1) is 0 Å². The number of hydrogen-bond acceptors (Lipinski definition) is 3. The van der Waals surface area contributed by atoms with Crippen molar-refractivity contribution in [3.8, 4) is 5.75 Å². The second-order valence-corrected chi connectivity index (χ2v) is 6.57. The number of carboxylic acids is 1. The molecular formula is C23H17FO4. The van der Waals surface area contributed by atoms with Gasteiger partial charge < -0.3 is 14.9 Å². The van der Waals surface area contributed by atoms with Gasteiger partial charge in [0.15, 0.2) is 6.10 Å². The number of aliphatic hydroxyl groups is 1. The molecule has 140 valence electrons. The number of carboxylic acid groups (broad SMARTS) is 1. The van der Waals surface area contributed by atoms with Gasteiger partial charge in [-0.2, -0.15) is 0 Å². The molecule has 3 aromatic rings. The predicted octanol–water partition coefficient (Wildman–Crippen LogP) is 5.17. The molecule has 1 atom stereocenters. The molecule has 0 fully saturated rings. The number of para-hydroxylation sites is 1. The zero-order chi connectivity index (χ0) is 19.7. The monoisotopic (exact) mass is 376 g/mol. The summed E-state index contributed by atoms with van der Waals surface area (Å²) in [5.41, 5.74) is 2.03. The SMILES string of the molecule is O=C(O)c1ccc(F)cc1C1Oc2ccccc2C(O)=C1Cc1ccccc1. The van der Waals surface area contributed by atoms with E-state index in [1.165, 1.54) is 6.07 Å². The number of carbonyl (C=O) groups is 1. The summed E-state index contributed by atoms with van der Waals surface area (Å²) in [6.07, 6.45) is -0.585. The molecule has 0 amide bonds. The molecule has 0 aromatic heterocycles. The van der Waals surface area contributed by atoms with Crippen LogP contribution in [0.4, 0.5) is 4.39 Å². The van der Waals surface area contributed by atoms with Crippen LogP contribution in [0.5, 0.6) is 5.75 Å². The fraction of sp³-hybridized carbons (Fsp3) is 0.0870. The van der Waals surface area contributed by atoms with Crippen molar-refractivity contribution in [2.75, 3.05) is 0 Å². The highest BCUT2D eigenvalue weighted by molar-refractivity contribution is 5.90. The summed E-state index contributed by atoms with van der Waals surface area (Å²) >= 11 is 0. The van der Waals surface area contributed by atoms with Crippen molar-refractivity contribution >= 4 is 11.7 Å². The largest absolute Gasteiger partial charge is 0.507 e. The van der Waals surface area contributed by atoms with Crippen LogP contribution in [-0.4, -0.2) is 16.2 Å². The third-order valence-electron chi connectivity index (χ3n) is 4.77. The van der Waals surface area contributed by atoms with Crippen LogP contribution in [0.2, 0.25) is 0 Å². The first-order valence-electron chi connectivity index (χ1n) is 8.79. The topological polar surface area (TPSA) is 66.8 Å². The van der Waals surface area contributed by atoms with Crippen LogP contribution in [0.3, 0.4) is 0 Å². The average molecular weight is 376 g/mol. The standard InChI is InChI=1S/C23H17FO4/c24-15-10-11-16(23(26)27)18(13-15)22-19(12-14-6-2-1-3-7-14)21(25)17-8-4-5-9-20(17)28-22/h1-11,13,22,25H,12H2,(H,26,27). The Bertz CT molecular complexity index is 1070. The van der Waals surface area contributed by atoms with Crippen molar-refractivity contribution < 1.29 is 24.1 Å². The van der Waals surface area contributed by atoms with E-state index in [0.717, 1.165) is 17.7 Å². The van der Waals surface area contributed by atoms with E-state index >= 15 is 0 Å². The lowest BCUT2D eigenvalue weighted by Crippen LogP contribution is -2.21. The van der Waals surface area contributed by atoms with Gasteiger partial charge in [-0.25, -0.2) is 9.18 Å². The Hall–Kier alpha value is -3.60. The van der Waals surface area contributed by atoms with Gasteiger partial charge in [0.2, 0.25) is 0 Å². The molecule has 3 aromatic carbocycles. The van der Waals surface area contributed by atoms with E-state index in [1.54, 1.807) is 24.3 Å².